The van der Waals surface area contributed by atoms with Crippen molar-refractivity contribution in [2.45, 2.75) is 6.92 Å². The first-order valence-electron chi connectivity index (χ1n) is 5.37. The molecule has 92 valence electrons. The summed E-state index contributed by atoms with van der Waals surface area (Å²) < 4.78 is 5.14. The molecule has 0 saturated heterocycles. The fourth-order valence-electron chi connectivity index (χ4n) is 1.45. The second-order valence-electron chi connectivity index (χ2n) is 3.65. The molecule has 1 heterocycles. The topological polar surface area (TPSA) is 22.1 Å². The van der Waals surface area contributed by atoms with Gasteiger partial charge in [0.05, 0.1) is 7.11 Å². The predicted octanol–water partition coefficient (Wildman–Crippen LogP) is 3.22. The molecule has 2 rings (SSSR count). The lowest BCUT2D eigenvalue weighted by Gasteiger charge is -1.98. The van der Waals surface area contributed by atoms with Gasteiger partial charge in [0.25, 0.3) is 0 Å². The summed E-state index contributed by atoms with van der Waals surface area (Å²) in [4.78, 5) is 4.33. The highest BCUT2D eigenvalue weighted by molar-refractivity contribution is 5.85. The van der Waals surface area contributed by atoms with Gasteiger partial charge in [-0.3, -0.25) is 0 Å². The Morgan fingerprint density at radius 1 is 1.06 bits per heavy atom. The Morgan fingerprint density at radius 3 is 2.56 bits per heavy atom. The predicted molar refractivity (Wildman–Crippen MR) is 75.2 cm³/mol. The van der Waals surface area contributed by atoms with E-state index in [1.165, 1.54) is 0 Å². The number of rotatable bonds is 1. The van der Waals surface area contributed by atoms with E-state index in [0.717, 1.165) is 22.7 Å². The number of pyridine rings is 1. The Kier molecular flexibility index (Phi) is 5.23. The summed E-state index contributed by atoms with van der Waals surface area (Å²) in [5.41, 5.74) is 2.68. The lowest BCUT2D eigenvalue weighted by Crippen LogP contribution is -1.85. The summed E-state index contributed by atoms with van der Waals surface area (Å²) in [5.74, 6) is 6.92. The summed E-state index contributed by atoms with van der Waals surface area (Å²) >= 11 is 0. The average molecular weight is 260 g/mol. The molecule has 3 heteroatoms. The minimum Gasteiger partial charge on any atom is -0.497 e. The summed E-state index contributed by atoms with van der Waals surface area (Å²) in [5, 5.41) is 0. The van der Waals surface area contributed by atoms with E-state index in [2.05, 4.69) is 16.8 Å². The quantitative estimate of drug-likeness (QED) is 0.734. The van der Waals surface area contributed by atoms with Gasteiger partial charge in [0, 0.05) is 11.3 Å². The molecular formula is C15H14ClNO. The number of hydrogen-bond donors (Lipinski definition) is 0. The number of nitrogens with zero attached hydrogens (tertiary/aromatic N) is 1. The van der Waals surface area contributed by atoms with Crippen molar-refractivity contribution in [3.8, 4) is 17.6 Å². The van der Waals surface area contributed by atoms with Crippen LogP contribution >= 0.6 is 12.4 Å². The number of aromatic nitrogens is 1. The monoisotopic (exact) mass is 259 g/mol. The highest BCUT2D eigenvalue weighted by Gasteiger charge is 1.92. The average Bonchev–Trinajstić information content (AvgIpc) is 2.37. The third kappa shape index (κ3) is 3.80. The second-order valence-corrected chi connectivity index (χ2v) is 3.65. The van der Waals surface area contributed by atoms with Crippen molar-refractivity contribution < 1.29 is 4.74 Å². The van der Waals surface area contributed by atoms with Crippen molar-refractivity contribution >= 4 is 12.4 Å². The normalized spacial score (nSPS) is 8.78. The molecule has 0 saturated carbocycles. The molecule has 2 nitrogen and oxygen atoms in total. The van der Waals surface area contributed by atoms with Gasteiger partial charge >= 0.3 is 0 Å². The summed E-state index contributed by atoms with van der Waals surface area (Å²) in [6.07, 6.45) is 0. The first-order chi connectivity index (χ1) is 8.28. The van der Waals surface area contributed by atoms with Crippen molar-refractivity contribution in [3.05, 3.63) is 59.4 Å². The molecule has 0 bridgehead atoms. The van der Waals surface area contributed by atoms with Crippen molar-refractivity contribution in [2.24, 2.45) is 0 Å². The minimum atomic E-state index is 0. The van der Waals surface area contributed by atoms with Gasteiger partial charge in [-0.05, 0) is 43.2 Å². The van der Waals surface area contributed by atoms with E-state index < -0.39 is 0 Å². The summed E-state index contributed by atoms with van der Waals surface area (Å²) in [6, 6.07) is 13.5. The van der Waals surface area contributed by atoms with Crippen LogP contribution in [0.4, 0.5) is 0 Å². The van der Waals surface area contributed by atoms with Crippen LogP contribution in [0.25, 0.3) is 0 Å². The fraction of sp³-hybridized carbons (Fsp3) is 0.133. The Hall–Kier alpha value is -1.98. The van der Waals surface area contributed by atoms with E-state index in [1.54, 1.807) is 7.11 Å². The molecule has 0 N–H and O–H groups in total. The van der Waals surface area contributed by atoms with Crippen LogP contribution in [0.15, 0.2) is 42.5 Å². The van der Waals surface area contributed by atoms with Crippen LogP contribution in [-0.4, -0.2) is 12.1 Å². The zero-order valence-electron chi connectivity index (χ0n) is 10.3. The Bertz CT molecular complexity index is 584. The molecule has 0 fully saturated rings. The van der Waals surface area contributed by atoms with Gasteiger partial charge in [-0.25, -0.2) is 4.98 Å². The number of methoxy groups -OCH3 is 1. The van der Waals surface area contributed by atoms with E-state index in [1.807, 2.05) is 49.4 Å². The first kappa shape index (κ1) is 14.1. The molecule has 0 atom stereocenters. The molecular weight excluding hydrogens is 246 g/mol. The molecule has 0 spiro atoms. The Labute approximate surface area is 113 Å². The zero-order chi connectivity index (χ0) is 12.1. The molecule has 0 radical (unpaired) electrons. The van der Waals surface area contributed by atoms with Gasteiger partial charge in [0.15, 0.2) is 0 Å². The van der Waals surface area contributed by atoms with Crippen LogP contribution in [0.2, 0.25) is 0 Å². The molecule has 0 aliphatic heterocycles. The summed E-state index contributed by atoms with van der Waals surface area (Å²) in [7, 11) is 1.65. The number of ether oxygens (including phenoxy) is 1. The minimum absolute atomic E-state index is 0. The third-order valence-electron chi connectivity index (χ3n) is 2.29. The van der Waals surface area contributed by atoms with E-state index in [9.17, 15) is 0 Å². The molecule has 1 aromatic heterocycles. The molecule has 2 aromatic rings. The molecule has 0 unspecified atom stereocenters. The molecule has 0 aliphatic carbocycles. The highest BCUT2D eigenvalue weighted by atomic mass is 35.5. The van der Waals surface area contributed by atoms with Crippen molar-refractivity contribution in [3.63, 3.8) is 0 Å². The maximum absolute atomic E-state index is 5.14. The highest BCUT2D eigenvalue weighted by Crippen LogP contribution is 2.11. The SMILES string of the molecule is COc1cccc(C#Cc2cccc(C)n2)c1.Cl. The fourth-order valence-corrected chi connectivity index (χ4v) is 1.45. The molecule has 0 aliphatic rings. The molecule has 1 aromatic carbocycles. The van der Waals surface area contributed by atoms with E-state index in [0.29, 0.717) is 0 Å². The smallest absolute Gasteiger partial charge is 0.120 e. The Morgan fingerprint density at radius 2 is 1.83 bits per heavy atom. The van der Waals surface area contributed by atoms with Crippen LogP contribution in [0.5, 0.6) is 5.75 Å². The number of hydrogen-bond acceptors (Lipinski definition) is 2. The van der Waals surface area contributed by atoms with Crippen LogP contribution in [0.1, 0.15) is 17.0 Å². The second kappa shape index (κ2) is 6.68. The van der Waals surface area contributed by atoms with Gasteiger partial charge < -0.3 is 4.74 Å². The number of benzene rings is 1. The van der Waals surface area contributed by atoms with Crippen molar-refractivity contribution in [1.82, 2.24) is 4.98 Å². The zero-order valence-corrected chi connectivity index (χ0v) is 11.1. The lowest BCUT2D eigenvalue weighted by molar-refractivity contribution is 0.414. The molecule has 0 amide bonds. The third-order valence-corrected chi connectivity index (χ3v) is 2.29. The standard InChI is InChI=1S/C15H13NO.ClH/c1-12-5-3-7-14(16-12)10-9-13-6-4-8-15(11-13)17-2;/h3-8,11H,1-2H3;1H. The van der Waals surface area contributed by atoms with Gasteiger partial charge in [0.1, 0.15) is 11.4 Å². The van der Waals surface area contributed by atoms with Crippen LogP contribution < -0.4 is 4.74 Å². The van der Waals surface area contributed by atoms with Crippen molar-refractivity contribution in [2.75, 3.05) is 7.11 Å². The van der Waals surface area contributed by atoms with Crippen molar-refractivity contribution in [1.29, 1.82) is 0 Å². The van der Waals surface area contributed by atoms with E-state index in [-0.39, 0.29) is 12.4 Å². The summed E-state index contributed by atoms with van der Waals surface area (Å²) in [6.45, 7) is 1.96. The number of aryl methyl sites for hydroxylation is 1. The van der Waals surface area contributed by atoms with Crippen LogP contribution in [-0.2, 0) is 0 Å². The van der Waals surface area contributed by atoms with Gasteiger partial charge in [-0.1, -0.05) is 18.1 Å². The van der Waals surface area contributed by atoms with Gasteiger partial charge in [-0.15, -0.1) is 12.4 Å². The van der Waals surface area contributed by atoms with Gasteiger partial charge in [0.2, 0.25) is 0 Å². The number of halogens is 1. The first-order valence-corrected chi connectivity index (χ1v) is 5.37. The maximum Gasteiger partial charge on any atom is 0.120 e. The Balaban J connectivity index is 0.00000162. The van der Waals surface area contributed by atoms with E-state index >= 15 is 0 Å². The van der Waals surface area contributed by atoms with E-state index in [4.69, 9.17) is 4.74 Å². The van der Waals surface area contributed by atoms with Gasteiger partial charge in [-0.2, -0.15) is 0 Å². The molecule has 18 heavy (non-hydrogen) atoms. The lowest BCUT2D eigenvalue weighted by atomic mass is 10.2. The van der Waals surface area contributed by atoms with Crippen LogP contribution in [0, 0.1) is 18.8 Å². The maximum atomic E-state index is 5.14. The largest absolute Gasteiger partial charge is 0.497 e. The van der Waals surface area contributed by atoms with Crippen LogP contribution in [0.3, 0.4) is 0 Å².